The third-order valence-corrected chi connectivity index (χ3v) is 7.21. The number of carbonyl (C=O) groups excluding carboxylic acids is 2. The molecule has 0 aromatic rings. The van der Waals surface area contributed by atoms with Crippen LogP contribution in [0.25, 0.3) is 0 Å². The van der Waals surface area contributed by atoms with Crippen LogP contribution in [0.15, 0.2) is 0 Å². The maximum Gasteiger partial charge on any atom is 0.344 e. The molecule has 0 amide bonds. The Morgan fingerprint density at radius 3 is 1.34 bits per heavy atom. The van der Waals surface area contributed by atoms with Crippen LogP contribution in [0.4, 0.5) is 0 Å². The number of ether oxygens (including phenoxy) is 2. The summed E-state index contributed by atoms with van der Waals surface area (Å²) >= 11 is 3.12. The molecule has 0 fully saturated rings. The smallest absolute Gasteiger partial charge is 0.344 e. The van der Waals surface area contributed by atoms with Crippen LogP contribution in [0.5, 0.6) is 0 Å². The van der Waals surface area contributed by atoms with Gasteiger partial charge in [0.15, 0.2) is 14.0 Å². The second-order valence-corrected chi connectivity index (χ2v) is 14.1. The standard InChI is InChI=1S/C11H23O5P.C7H13BrO2.C5H13O2P/c1-7-14-17(13,15-8-2)9(3)10(12)16-11(4,5)6;1-5(8)6(9)10-7(2,3)4;1-4-6-8(3)7-5-2/h9H,7-8H2,1-6H3;5H,1-4H3;4-5H2,1-3H3. The molecule has 0 heterocycles. The first-order chi connectivity index (χ1) is 15.8. The zero-order valence-corrected chi connectivity index (χ0v) is 27.3. The van der Waals surface area contributed by atoms with Crippen molar-refractivity contribution in [1.82, 2.24) is 0 Å². The van der Waals surface area contributed by atoms with Crippen molar-refractivity contribution in [3.05, 3.63) is 0 Å². The van der Waals surface area contributed by atoms with E-state index in [9.17, 15) is 14.2 Å². The molecule has 0 aliphatic carbocycles. The van der Waals surface area contributed by atoms with E-state index in [2.05, 4.69) is 15.9 Å². The predicted octanol–water partition coefficient (Wildman–Crippen LogP) is 7.10. The summed E-state index contributed by atoms with van der Waals surface area (Å²) in [6, 6.07) is 0. The summed E-state index contributed by atoms with van der Waals surface area (Å²) in [4.78, 5) is 22.5. The minimum atomic E-state index is -3.43. The molecule has 9 nitrogen and oxygen atoms in total. The fourth-order valence-electron chi connectivity index (χ4n) is 1.92. The Hall–Kier alpha value is -0.0800. The number of rotatable bonds is 11. The van der Waals surface area contributed by atoms with Crippen LogP contribution >= 0.6 is 31.9 Å². The lowest BCUT2D eigenvalue weighted by molar-refractivity contribution is -0.155. The van der Waals surface area contributed by atoms with Crippen molar-refractivity contribution in [2.75, 3.05) is 33.1 Å². The molecule has 2 unspecified atom stereocenters. The predicted molar refractivity (Wildman–Crippen MR) is 146 cm³/mol. The van der Waals surface area contributed by atoms with Gasteiger partial charge in [0.2, 0.25) is 0 Å². The third kappa shape index (κ3) is 24.0. The van der Waals surface area contributed by atoms with Gasteiger partial charge < -0.3 is 27.6 Å². The van der Waals surface area contributed by atoms with Gasteiger partial charge in [-0.1, -0.05) is 15.9 Å². The molecule has 0 aromatic carbocycles. The first-order valence-corrected chi connectivity index (χ1v) is 15.9. The largest absolute Gasteiger partial charge is 0.459 e. The van der Waals surface area contributed by atoms with Crippen LogP contribution in [0, 0.1) is 0 Å². The summed E-state index contributed by atoms with van der Waals surface area (Å²) in [6.45, 7) is 25.3. The normalized spacial score (nSPS) is 13.6. The average Bonchev–Trinajstić information content (AvgIpc) is 2.66. The van der Waals surface area contributed by atoms with E-state index < -0.39 is 33.2 Å². The Labute approximate surface area is 223 Å². The average molecular weight is 611 g/mol. The molecule has 35 heavy (non-hydrogen) atoms. The van der Waals surface area contributed by atoms with Gasteiger partial charge >= 0.3 is 19.5 Å². The Morgan fingerprint density at radius 2 is 1.11 bits per heavy atom. The molecule has 0 spiro atoms. The van der Waals surface area contributed by atoms with Crippen molar-refractivity contribution in [2.24, 2.45) is 0 Å². The lowest BCUT2D eigenvalue weighted by Crippen LogP contribution is -2.31. The summed E-state index contributed by atoms with van der Waals surface area (Å²) in [5, 5.41) is 0. The molecule has 0 bridgehead atoms. The van der Waals surface area contributed by atoms with Crippen molar-refractivity contribution in [3.8, 4) is 0 Å². The van der Waals surface area contributed by atoms with Crippen molar-refractivity contribution in [2.45, 2.75) is 105 Å². The summed E-state index contributed by atoms with van der Waals surface area (Å²) in [6.07, 6.45) is 0. The van der Waals surface area contributed by atoms with Crippen LogP contribution in [0.2, 0.25) is 0 Å². The fourth-order valence-corrected chi connectivity index (χ4v) is 4.37. The van der Waals surface area contributed by atoms with E-state index >= 15 is 0 Å². The molecule has 212 valence electrons. The molecule has 0 saturated carbocycles. The SMILES string of the molecule is CC(Br)C(=O)OC(C)(C)C.CCOP(=O)(OCC)C(C)C(=O)OC(C)(C)C.CCOP(C)OCC. The molecule has 0 saturated heterocycles. The van der Waals surface area contributed by atoms with Gasteiger partial charge in [-0.3, -0.25) is 14.2 Å². The second kappa shape index (κ2) is 20.0. The van der Waals surface area contributed by atoms with Crippen LogP contribution < -0.4 is 0 Å². The van der Waals surface area contributed by atoms with Gasteiger partial charge in [-0.25, -0.2) is 0 Å². The van der Waals surface area contributed by atoms with E-state index in [-0.39, 0.29) is 29.6 Å². The number of hydrogen-bond acceptors (Lipinski definition) is 9. The van der Waals surface area contributed by atoms with E-state index in [4.69, 9.17) is 27.6 Å². The molecule has 0 aliphatic rings. The maximum atomic E-state index is 12.3. The topological polar surface area (TPSA) is 107 Å². The van der Waals surface area contributed by atoms with E-state index in [1.807, 2.05) is 41.3 Å². The number of alkyl halides is 1. The molecule has 0 radical (unpaired) electrons. The first kappa shape index (κ1) is 39.4. The van der Waals surface area contributed by atoms with E-state index in [0.717, 1.165) is 13.2 Å². The highest BCUT2D eigenvalue weighted by atomic mass is 79.9. The monoisotopic (exact) mass is 610 g/mol. The van der Waals surface area contributed by atoms with Gasteiger partial charge in [0, 0.05) is 6.66 Å². The Bertz CT molecular complexity index is 601. The molecule has 0 N–H and O–H groups in total. The highest BCUT2D eigenvalue weighted by Crippen LogP contribution is 2.53. The Balaban J connectivity index is -0.000000483. The molecule has 0 rings (SSSR count). The van der Waals surface area contributed by atoms with Gasteiger partial charge in [0.1, 0.15) is 16.0 Å². The zero-order chi connectivity index (χ0) is 28.5. The molecule has 0 aliphatic heterocycles. The third-order valence-electron chi connectivity index (χ3n) is 3.19. The van der Waals surface area contributed by atoms with E-state index in [1.165, 1.54) is 6.92 Å². The van der Waals surface area contributed by atoms with Crippen LogP contribution in [-0.2, 0) is 41.7 Å². The lowest BCUT2D eigenvalue weighted by atomic mass is 10.2. The second-order valence-electron chi connectivity index (χ2n) is 9.01. The van der Waals surface area contributed by atoms with Crippen molar-refractivity contribution >= 4 is 43.8 Å². The molecular formula is C23H49BrO9P2. The maximum absolute atomic E-state index is 12.3. The minimum Gasteiger partial charge on any atom is -0.459 e. The number of halogens is 1. The van der Waals surface area contributed by atoms with Gasteiger partial charge in [-0.15, -0.1) is 0 Å². The molecular weight excluding hydrogens is 562 g/mol. The summed E-state index contributed by atoms with van der Waals surface area (Å²) in [5.41, 5.74) is -1.91. The number of carbonyl (C=O) groups is 2. The Kier molecular flexibility index (Phi) is 22.5. The van der Waals surface area contributed by atoms with Crippen molar-refractivity contribution in [1.29, 1.82) is 0 Å². The van der Waals surface area contributed by atoms with Gasteiger partial charge in [-0.05, 0) is 83.1 Å². The summed E-state index contributed by atoms with van der Waals surface area (Å²) < 4.78 is 42.9. The zero-order valence-electron chi connectivity index (χ0n) is 23.9. The van der Waals surface area contributed by atoms with Gasteiger partial charge in [0.05, 0.1) is 26.4 Å². The van der Waals surface area contributed by atoms with E-state index in [0.29, 0.717) is 0 Å². The minimum absolute atomic E-state index is 0.215. The molecule has 0 aromatic heterocycles. The van der Waals surface area contributed by atoms with Crippen molar-refractivity contribution < 1.29 is 41.7 Å². The van der Waals surface area contributed by atoms with Crippen LogP contribution in [-0.4, -0.2) is 66.7 Å². The first-order valence-electron chi connectivity index (χ1n) is 11.8. The molecule has 2 atom stereocenters. The lowest BCUT2D eigenvalue weighted by Gasteiger charge is -2.26. The Morgan fingerprint density at radius 1 is 0.771 bits per heavy atom. The van der Waals surface area contributed by atoms with Gasteiger partial charge in [-0.2, -0.15) is 0 Å². The fraction of sp³-hybridized carbons (Fsp3) is 0.913. The number of hydrogen-bond donors (Lipinski definition) is 0. The summed E-state index contributed by atoms with van der Waals surface area (Å²) in [7, 11) is -4.01. The molecule has 12 heteroatoms. The van der Waals surface area contributed by atoms with Crippen molar-refractivity contribution in [3.63, 3.8) is 0 Å². The van der Waals surface area contributed by atoms with Crippen LogP contribution in [0.1, 0.15) is 83.1 Å². The quantitative estimate of drug-likeness (QED) is 0.137. The highest BCUT2D eigenvalue weighted by molar-refractivity contribution is 9.10. The summed E-state index contributed by atoms with van der Waals surface area (Å²) in [5.74, 6) is -0.782. The van der Waals surface area contributed by atoms with E-state index in [1.54, 1.807) is 41.5 Å². The number of esters is 2. The van der Waals surface area contributed by atoms with Crippen LogP contribution in [0.3, 0.4) is 0 Å². The van der Waals surface area contributed by atoms with Gasteiger partial charge in [0.25, 0.3) is 0 Å². The highest BCUT2D eigenvalue weighted by Gasteiger charge is 2.39.